The van der Waals surface area contributed by atoms with Gasteiger partial charge in [0.2, 0.25) is 5.89 Å². The number of oxazole rings is 1. The zero-order valence-corrected chi connectivity index (χ0v) is 11.6. The molecule has 0 radical (unpaired) electrons. The molecule has 1 N–H and O–H groups in total. The Morgan fingerprint density at radius 1 is 1.11 bits per heavy atom. The van der Waals surface area contributed by atoms with E-state index in [4.69, 9.17) is 16.0 Å². The number of hydrogen-bond acceptors (Lipinski definition) is 5. The van der Waals surface area contributed by atoms with Crippen molar-refractivity contribution in [2.24, 2.45) is 0 Å². The molecule has 0 unspecified atom stereocenters. The Balaban J connectivity index is 2.13. The summed E-state index contributed by atoms with van der Waals surface area (Å²) in [5, 5.41) is 11.5. The topological polar surface area (TPSA) is 63.8 Å². The molecule has 0 fully saturated rings. The molecule has 0 bridgehead atoms. The molecular formula is C12H15ClN4O. The van der Waals surface area contributed by atoms with E-state index in [-0.39, 0.29) is 0 Å². The molecule has 0 saturated heterocycles. The van der Waals surface area contributed by atoms with Crippen molar-refractivity contribution >= 4 is 17.4 Å². The van der Waals surface area contributed by atoms with Crippen LogP contribution < -0.4 is 5.32 Å². The van der Waals surface area contributed by atoms with E-state index in [1.54, 1.807) is 0 Å². The van der Waals surface area contributed by atoms with E-state index in [9.17, 15) is 0 Å². The minimum absolute atomic E-state index is 0.431. The maximum absolute atomic E-state index is 5.89. The van der Waals surface area contributed by atoms with Crippen molar-refractivity contribution in [3.05, 3.63) is 33.6 Å². The first-order valence-corrected chi connectivity index (χ1v) is 6.03. The summed E-state index contributed by atoms with van der Waals surface area (Å²) < 4.78 is 5.48. The molecule has 0 aromatic carbocycles. The van der Waals surface area contributed by atoms with Crippen molar-refractivity contribution in [1.29, 1.82) is 0 Å². The molecule has 6 heteroatoms. The minimum Gasteiger partial charge on any atom is -0.444 e. The van der Waals surface area contributed by atoms with Crippen LogP contribution in [0.25, 0.3) is 0 Å². The summed E-state index contributed by atoms with van der Waals surface area (Å²) in [6.07, 6.45) is 0. The average Bonchev–Trinajstić information content (AvgIpc) is 2.65. The molecule has 5 nitrogen and oxygen atoms in total. The Morgan fingerprint density at radius 2 is 1.83 bits per heavy atom. The summed E-state index contributed by atoms with van der Waals surface area (Å²) in [7, 11) is 0. The van der Waals surface area contributed by atoms with E-state index >= 15 is 0 Å². The van der Waals surface area contributed by atoms with E-state index in [1.807, 2.05) is 27.7 Å². The van der Waals surface area contributed by atoms with E-state index in [2.05, 4.69) is 20.5 Å². The molecule has 0 spiro atoms. The summed E-state index contributed by atoms with van der Waals surface area (Å²) in [4.78, 5) is 4.29. The third-order valence-electron chi connectivity index (χ3n) is 2.94. The van der Waals surface area contributed by atoms with Crippen LogP contribution in [0.3, 0.4) is 0 Å². The monoisotopic (exact) mass is 266 g/mol. The number of hydrogen-bond donors (Lipinski definition) is 1. The van der Waals surface area contributed by atoms with Gasteiger partial charge < -0.3 is 9.73 Å². The predicted molar refractivity (Wildman–Crippen MR) is 69.8 cm³/mol. The lowest BCUT2D eigenvalue weighted by molar-refractivity contribution is 0.478. The molecule has 2 aromatic heterocycles. The van der Waals surface area contributed by atoms with Gasteiger partial charge in [0.1, 0.15) is 5.76 Å². The highest BCUT2D eigenvalue weighted by Gasteiger charge is 2.10. The standard InChI is InChI=1S/C12H15ClN4O/c1-6-7(2)12(17-16-11(6)13)14-5-10-15-8(3)9(4)18-10/h5H2,1-4H3,(H,14,17). The fraction of sp³-hybridized carbons (Fsp3) is 0.417. The third-order valence-corrected chi connectivity index (χ3v) is 3.30. The molecule has 18 heavy (non-hydrogen) atoms. The molecule has 0 amide bonds. The van der Waals surface area contributed by atoms with Crippen LogP contribution in [0.5, 0.6) is 0 Å². The van der Waals surface area contributed by atoms with Gasteiger partial charge in [-0.15, -0.1) is 10.2 Å². The molecule has 0 aliphatic heterocycles. The molecule has 0 atom stereocenters. The molecule has 0 saturated carbocycles. The number of anilines is 1. The highest BCUT2D eigenvalue weighted by atomic mass is 35.5. The number of aryl methyl sites for hydroxylation is 2. The van der Waals surface area contributed by atoms with Crippen molar-refractivity contribution in [2.45, 2.75) is 34.2 Å². The Morgan fingerprint density at radius 3 is 2.44 bits per heavy atom. The van der Waals surface area contributed by atoms with Gasteiger partial charge in [-0.2, -0.15) is 0 Å². The van der Waals surface area contributed by atoms with Gasteiger partial charge in [-0.3, -0.25) is 0 Å². The quantitative estimate of drug-likeness (QED) is 0.925. The zero-order valence-electron chi connectivity index (χ0n) is 10.8. The van der Waals surface area contributed by atoms with Gasteiger partial charge in [0, 0.05) is 0 Å². The van der Waals surface area contributed by atoms with Gasteiger partial charge in [0.05, 0.1) is 12.2 Å². The van der Waals surface area contributed by atoms with Gasteiger partial charge in [0.25, 0.3) is 0 Å². The summed E-state index contributed by atoms with van der Waals surface area (Å²) >= 11 is 5.89. The van der Waals surface area contributed by atoms with Crippen LogP contribution in [0.4, 0.5) is 5.82 Å². The summed E-state index contributed by atoms with van der Waals surface area (Å²) in [6, 6.07) is 0. The Kier molecular flexibility index (Phi) is 3.52. The second kappa shape index (κ2) is 4.94. The molecule has 0 aliphatic carbocycles. The maximum Gasteiger partial charge on any atom is 0.213 e. The van der Waals surface area contributed by atoms with Gasteiger partial charge in [0.15, 0.2) is 11.0 Å². The molecular weight excluding hydrogens is 252 g/mol. The summed E-state index contributed by atoms with van der Waals surface area (Å²) in [6.45, 7) is 8.15. The predicted octanol–water partition coefficient (Wildman–Crippen LogP) is 2.96. The van der Waals surface area contributed by atoms with Crippen LogP contribution in [0.1, 0.15) is 28.5 Å². The van der Waals surface area contributed by atoms with Gasteiger partial charge in [-0.25, -0.2) is 4.98 Å². The van der Waals surface area contributed by atoms with Crippen LogP contribution >= 0.6 is 11.6 Å². The van der Waals surface area contributed by atoms with Crippen molar-refractivity contribution in [3.63, 3.8) is 0 Å². The van der Waals surface area contributed by atoms with Crippen molar-refractivity contribution in [3.8, 4) is 0 Å². The Bertz CT molecular complexity index is 560. The van der Waals surface area contributed by atoms with Gasteiger partial charge in [-0.05, 0) is 38.8 Å². The summed E-state index contributed by atoms with van der Waals surface area (Å²) in [5.41, 5.74) is 2.81. The number of aromatic nitrogens is 3. The van der Waals surface area contributed by atoms with Crippen LogP contribution in [0.15, 0.2) is 4.42 Å². The smallest absolute Gasteiger partial charge is 0.213 e. The minimum atomic E-state index is 0.431. The first-order valence-electron chi connectivity index (χ1n) is 5.65. The average molecular weight is 267 g/mol. The highest BCUT2D eigenvalue weighted by molar-refractivity contribution is 6.30. The van der Waals surface area contributed by atoms with E-state index in [0.717, 1.165) is 22.6 Å². The highest BCUT2D eigenvalue weighted by Crippen LogP contribution is 2.21. The lowest BCUT2D eigenvalue weighted by atomic mass is 10.2. The number of nitrogens with zero attached hydrogens (tertiary/aromatic N) is 3. The lowest BCUT2D eigenvalue weighted by Gasteiger charge is -2.08. The summed E-state index contributed by atoms with van der Waals surface area (Å²) in [5.74, 6) is 2.17. The normalized spacial score (nSPS) is 10.7. The molecule has 2 rings (SSSR count). The van der Waals surface area contributed by atoms with E-state index < -0.39 is 0 Å². The molecule has 0 aliphatic rings. The van der Waals surface area contributed by atoms with Crippen LogP contribution in [-0.2, 0) is 6.54 Å². The van der Waals surface area contributed by atoms with E-state index in [1.165, 1.54) is 0 Å². The van der Waals surface area contributed by atoms with Crippen LogP contribution in [0.2, 0.25) is 5.15 Å². The maximum atomic E-state index is 5.89. The Labute approximate surface area is 111 Å². The van der Waals surface area contributed by atoms with Crippen LogP contribution in [-0.4, -0.2) is 15.2 Å². The first kappa shape index (κ1) is 12.8. The third kappa shape index (κ3) is 2.46. The van der Waals surface area contributed by atoms with Crippen molar-refractivity contribution < 1.29 is 4.42 Å². The molecule has 2 heterocycles. The van der Waals surface area contributed by atoms with E-state index in [0.29, 0.717) is 23.4 Å². The zero-order chi connectivity index (χ0) is 13.3. The number of rotatable bonds is 3. The first-order chi connectivity index (χ1) is 8.49. The lowest BCUT2D eigenvalue weighted by Crippen LogP contribution is -2.06. The number of nitrogens with one attached hydrogen (secondary N) is 1. The van der Waals surface area contributed by atoms with Gasteiger partial charge in [-0.1, -0.05) is 11.6 Å². The fourth-order valence-electron chi connectivity index (χ4n) is 1.52. The fourth-order valence-corrected chi connectivity index (χ4v) is 1.70. The number of halogens is 1. The second-order valence-electron chi connectivity index (χ2n) is 4.19. The second-order valence-corrected chi connectivity index (χ2v) is 4.55. The van der Waals surface area contributed by atoms with Crippen molar-refractivity contribution in [1.82, 2.24) is 15.2 Å². The van der Waals surface area contributed by atoms with Crippen LogP contribution in [0, 0.1) is 27.7 Å². The van der Waals surface area contributed by atoms with Gasteiger partial charge >= 0.3 is 0 Å². The largest absolute Gasteiger partial charge is 0.444 e. The molecule has 2 aromatic rings. The van der Waals surface area contributed by atoms with Crippen molar-refractivity contribution in [2.75, 3.05) is 5.32 Å². The molecule has 96 valence electrons. The Hall–Kier alpha value is -1.62. The SMILES string of the molecule is Cc1nc(CNc2nnc(Cl)c(C)c2C)oc1C.